The molecule has 0 atom stereocenters. The van der Waals surface area contributed by atoms with Gasteiger partial charge in [0.1, 0.15) is 11.5 Å². The Morgan fingerprint density at radius 3 is 2.54 bits per heavy atom. The van der Waals surface area contributed by atoms with Crippen molar-refractivity contribution < 1.29 is 14.0 Å². The van der Waals surface area contributed by atoms with Gasteiger partial charge in [-0.2, -0.15) is 0 Å². The molecule has 2 aliphatic rings. The lowest BCUT2D eigenvalue weighted by molar-refractivity contribution is -0.132. The predicted molar refractivity (Wildman–Crippen MR) is 104 cm³/mol. The molecule has 2 aromatic carbocycles. The summed E-state index contributed by atoms with van der Waals surface area (Å²) in [4.78, 5) is 26.8. The van der Waals surface area contributed by atoms with Crippen LogP contribution in [0.1, 0.15) is 24.8 Å². The Hall–Kier alpha value is -2.93. The van der Waals surface area contributed by atoms with Gasteiger partial charge in [0.15, 0.2) is 0 Å². The number of urea groups is 1. The van der Waals surface area contributed by atoms with Crippen LogP contribution in [0.25, 0.3) is 0 Å². The number of anilines is 1. The first-order valence-electron chi connectivity index (χ1n) is 9.52. The van der Waals surface area contributed by atoms with Gasteiger partial charge in [0, 0.05) is 32.4 Å². The number of likely N-dealkylation sites (tertiary alicyclic amines) is 1. The van der Waals surface area contributed by atoms with Crippen molar-refractivity contribution in [3.63, 3.8) is 0 Å². The molecule has 146 valence electrons. The Labute approximate surface area is 163 Å². The molecule has 0 unspecified atom stereocenters. The molecule has 2 fully saturated rings. The minimum absolute atomic E-state index is 0.130. The highest BCUT2D eigenvalue weighted by Crippen LogP contribution is 2.27. The Balaban J connectivity index is 1.33. The molecule has 0 aromatic heterocycles. The first kappa shape index (κ1) is 18.4. The van der Waals surface area contributed by atoms with E-state index in [-0.39, 0.29) is 11.9 Å². The van der Waals surface area contributed by atoms with E-state index >= 15 is 0 Å². The van der Waals surface area contributed by atoms with Gasteiger partial charge in [-0.15, -0.1) is 0 Å². The molecule has 2 heterocycles. The molecule has 7 heteroatoms. The summed E-state index contributed by atoms with van der Waals surface area (Å²) in [6.45, 7) is 1.13. The summed E-state index contributed by atoms with van der Waals surface area (Å²) in [6, 6.07) is 15.6. The zero-order valence-electron chi connectivity index (χ0n) is 15.5. The molecule has 0 bridgehead atoms. The summed E-state index contributed by atoms with van der Waals surface area (Å²) in [6.07, 6.45) is 2.40. The number of benzene rings is 2. The van der Waals surface area contributed by atoms with Crippen LogP contribution in [0.4, 0.5) is 14.9 Å². The van der Waals surface area contributed by atoms with Gasteiger partial charge in [0.05, 0.1) is 5.69 Å². The van der Waals surface area contributed by atoms with Crippen molar-refractivity contribution in [1.82, 2.24) is 15.6 Å². The van der Waals surface area contributed by atoms with Crippen molar-refractivity contribution in [2.24, 2.45) is 0 Å². The fourth-order valence-electron chi connectivity index (χ4n) is 3.78. The summed E-state index contributed by atoms with van der Waals surface area (Å²) in [5, 5.41) is 4.31. The van der Waals surface area contributed by atoms with Crippen LogP contribution in [0.3, 0.4) is 0 Å². The summed E-state index contributed by atoms with van der Waals surface area (Å²) < 4.78 is 13.5. The number of hydrogen-bond acceptors (Lipinski definition) is 3. The van der Waals surface area contributed by atoms with Crippen molar-refractivity contribution in [2.75, 3.05) is 18.1 Å². The summed E-state index contributed by atoms with van der Waals surface area (Å²) >= 11 is 0. The highest BCUT2D eigenvalue weighted by molar-refractivity contribution is 5.93. The SMILES string of the molecule is O=C(CCc1ccccc1)N1CCC2(CC1)NC(=O)N(c1cccc(F)c1)N2. The van der Waals surface area contributed by atoms with Gasteiger partial charge in [-0.1, -0.05) is 36.4 Å². The molecule has 0 radical (unpaired) electrons. The molecule has 0 saturated carbocycles. The van der Waals surface area contributed by atoms with Gasteiger partial charge >= 0.3 is 6.03 Å². The Kier molecular flexibility index (Phi) is 5.00. The Morgan fingerprint density at radius 2 is 1.82 bits per heavy atom. The van der Waals surface area contributed by atoms with E-state index in [1.807, 2.05) is 35.2 Å². The average molecular weight is 382 g/mol. The topological polar surface area (TPSA) is 64.7 Å². The van der Waals surface area contributed by atoms with Crippen molar-refractivity contribution in [3.8, 4) is 0 Å². The highest BCUT2D eigenvalue weighted by atomic mass is 19.1. The van der Waals surface area contributed by atoms with Gasteiger partial charge < -0.3 is 10.2 Å². The molecular formula is C21H23FN4O2. The van der Waals surface area contributed by atoms with E-state index in [9.17, 15) is 14.0 Å². The van der Waals surface area contributed by atoms with Gasteiger partial charge in [-0.3, -0.25) is 4.79 Å². The van der Waals surface area contributed by atoms with Crippen molar-refractivity contribution in [3.05, 3.63) is 66.0 Å². The number of hydrogen-bond donors (Lipinski definition) is 2. The number of halogens is 1. The minimum Gasteiger partial charge on any atom is -0.342 e. The van der Waals surface area contributed by atoms with E-state index in [0.29, 0.717) is 38.0 Å². The number of piperidine rings is 1. The van der Waals surface area contributed by atoms with Gasteiger partial charge in [0.2, 0.25) is 5.91 Å². The molecule has 6 nitrogen and oxygen atoms in total. The van der Waals surface area contributed by atoms with Crippen molar-refractivity contribution in [1.29, 1.82) is 0 Å². The van der Waals surface area contributed by atoms with Crippen molar-refractivity contribution in [2.45, 2.75) is 31.3 Å². The Morgan fingerprint density at radius 1 is 1.07 bits per heavy atom. The monoisotopic (exact) mass is 382 g/mol. The third-order valence-corrected chi connectivity index (χ3v) is 5.38. The van der Waals surface area contributed by atoms with Gasteiger partial charge in [-0.05, 0) is 30.2 Å². The zero-order valence-corrected chi connectivity index (χ0v) is 15.5. The van der Waals surface area contributed by atoms with E-state index in [4.69, 9.17) is 0 Å². The van der Waals surface area contributed by atoms with Gasteiger partial charge in [0.25, 0.3) is 0 Å². The lowest BCUT2D eigenvalue weighted by Crippen LogP contribution is -2.58. The van der Waals surface area contributed by atoms with E-state index < -0.39 is 11.5 Å². The minimum atomic E-state index is -0.598. The molecule has 2 aliphatic heterocycles. The average Bonchev–Trinajstić information content (AvgIpc) is 3.03. The second-order valence-corrected chi connectivity index (χ2v) is 7.31. The lowest BCUT2D eigenvalue weighted by atomic mass is 9.97. The summed E-state index contributed by atoms with van der Waals surface area (Å²) in [7, 11) is 0. The molecule has 2 N–H and O–H groups in total. The molecule has 4 rings (SSSR count). The first-order chi connectivity index (χ1) is 13.5. The van der Waals surface area contributed by atoms with E-state index in [1.165, 1.54) is 17.1 Å². The second kappa shape index (κ2) is 7.59. The number of amides is 3. The molecule has 2 saturated heterocycles. The summed E-state index contributed by atoms with van der Waals surface area (Å²) in [5.74, 6) is -0.267. The molecule has 2 aromatic rings. The van der Waals surface area contributed by atoms with E-state index in [0.717, 1.165) is 12.0 Å². The molecule has 1 spiro atoms. The largest absolute Gasteiger partial charge is 0.342 e. The highest BCUT2D eigenvalue weighted by Gasteiger charge is 2.45. The van der Waals surface area contributed by atoms with Crippen LogP contribution in [0.15, 0.2) is 54.6 Å². The smallest absolute Gasteiger partial charge is 0.338 e. The normalized spacial score (nSPS) is 18.4. The number of nitrogens with zero attached hydrogens (tertiary/aromatic N) is 2. The maximum absolute atomic E-state index is 13.5. The zero-order chi connectivity index (χ0) is 19.6. The Bertz CT molecular complexity index is 866. The first-order valence-corrected chi connectivity index (χ1v) is 9.52. The van der Waals surface area contributed by atoms with Crippen LogP contribution < -0.4 is 15.8 Å². The predicted octanol–water partition coefficient (Wildman–Crippen LogP) is 2.81. The molecule has 3 amide bonds. The van der Waals surface area contributed by atoms with Crippen LogP contribution >= 0.6 is 0 Å². The van der Waals surface area contributed by atoms with E-state index in [2.05, 4.69) is 10.7 Å². The number of rotatable bonds is 4. The second-order valence-electron chi connectivity index (χ2n) is 7.31. The lowest BCUT2D eigenvalue weighted by Gasteiger charge is -2.39. The number of nitrogens with one attached hydrogen (secondary N) is 2. The number of carbonyl (C=O) groups excluding carboxylic acids is 2. The van der Waals surface area contributed by atoms with Crippen molar-refractivity contribution >= 4 is 17.6 Å². The van der Waals surface area contributed by atoms with Crippen LogP contribution in [0.5, 0.6) is 0 Å². The van der Waals surface area contributed by atoms with E-state index in [1.54, 1.807) is 12.1 Å². The van der Waals surface area contributed by atoms with Crippen LogP contribution in [-0.4, -0.2) is 35.6 Å². The molecule has 28 heavy (non-hydrogen) atoms. The van der Waals surface area contributed by atoms with Crippen LogP contribution in [-0.2, 0) is 11.2 Å². The quantitative estimate of drug-likeness (QED) is 0.855. The fourth-order valence-corrected chi connectivity index (χ4v) is 3.78. The number of hydrazine groups is 1. The standard InChI is InChI=1S/C21H23FN4O2/c22-17-7-4-8-18(15-17)26-20(28)23-21(24-26)11-13-25(14-12-21)19(27)10-9-16-5-2-1-3-6-16/h1-8,15,24H,9-14H2,(H,23,28). The molecular weight excluding hydrogens is 359 g/mol. The summed E-state index contributed by atoms with van der Waals surface area (Å²) in [5.41, 5.74) is 4.19. The third-order valence-electron chi connectivity index (χ3n) is 5.38. The number of carbonyl (C=O) groups is 2. The fraction of sp³-hybridized carbons (Fsp3) is 0.333. The molecule has 0 aliphatic carbocycles. The third kappa shape index (κ3) is 3.84. The maximum atomic E-state index is 13.5. The number of aryl methyl sites for hydroxylation is 1. The van der Waals surface area contributed by atoms with Gasteiger partial charge in [-0.25, -0.2) is 19.6 Å². The van der Waals surface area contributed by atoms with Crippen LogP contribution in [0.2, 0.25) is 0 Å². The van der Waals surface area contributed by atoms with Crippen LogP contribution in [0, 0.1) is 5.82 Å². The maximum Gasteiger partial charge on any atom is 0.338 e.